The van der Waals surface area contributed by atoms with E-state index in [2.05, 4.69) is 5.32 Å². The van der Waals surface area contributed by atoms with Crippen LogP contribution in [-0.2, 0) is 0 Å². The predicted octanol–water partition coefficient (Wildman–Crippen LogP) is 3.32. The molecule has 19 heavy (non-hydrogen) atoms. The van der Waals surface area contributed by atoms with Crippen molar-refractivity contribution in [3.05, 3.63) is 60.2 Å². The maximum Gasteiger partial charge on any atom is 0.417 e. The van der Waals surface area contributed by atoms with Crippen LogP contribution in [-0.4, -0.2) is 6.09 Å². The molecule has 0 saturated heterocycles. The number of hydrogen-bond donors (Lipinski definition) is 2. The summed E-state index contributed by atoms with van der Waals surface area (Å²) in [6.07, 6.45) is -0.528. The number of carbonyl (C=O) groups is 1. The number of carbonyl (C=O) groups excluding carboxylic acids is 1. The smallest absolute Gasteiger partial charge is 0.410 e. The highest BCUT2D eigenvalue weighted by Gasteiger charge is 2.10. The van der Waals surface area contributed by atoms with Crippen LogP contribution in [0.2, 0.25) is 0 Å². The lowest BCUT2D eigenvalue weighted by Crippen LogP contribution is -2.19. The molecule has 1 atom stereocenters. The molecule has 2 rings (SSSR count). The average Bonchev–Trinajstić information content (AvgIpc) is 2.40. The maximum atomic E-state index is 11.8. The van der Waals surface area contributed by atoms with E-state index in [0.717, 1.165) is 5.56 Å². The summed E-state index contributed by atoms with van der Waals surface area (Å²) in [5.74, 6) is 0.498. The molecule has 4 heteroatoms. The van der Waals surface area contributed by atoms with E-state index in [1.807, 2.05) is 31.2 Å². The lowest BCUT2D eigenvalue weighted by Gasteiger charge is -2.13. The van der Waals surface area contributed by atoms with E-state index in [1.54, 1.807) is 30.3 Å². The zero-order chi connectivity index (χ0) is 13.7. The molecular weight excluding hydrogens is 240 g/mol. The van der Waals surface area contributed by atoms with E-state index >= 15 is 0 Å². The van der Waals surface area contributed by atoms with Crippen molar-refractivity contribution in [3.63, 3.8) is 0 Å². The Kier molecular flexibility index (Phi) is 4.15. The number of nitrogens with one attached hydrogen (secondary N) is 1. The first-order chi connectivity index (χ1) is 9.16. The molecule has 1 unspecified atom stereocenters. The number of amides is 1. The zero-order valence-corrected chi connectivity index (χ0v) is 10.7. The second kappa shape index (κ2) is 6.02. The quantitative estimate of drug-likeness (QED) is 0.885. The highest BCUT2D eigenvalue weighted by Crippen LogP contribution is 2.21. The minimum absolute atomic E-state index is 0.159. The van der Waals surface area contributed by atoms with Gasteiger partial charge >= 0.3 is 6.09 Å². The van der Waals surface area contributed by atoms with Gasteiger partial charge in [-0.05, 0) is 30.7 Å². The molecule has 0 heterocycles. The Labute approximate surface area is 112 Å². The molecule has 0 aromatic heterocycles. The largest absolute Gasteiger partial charge is 0.417 e. The van der Waals surface area contributed by atoms with Crippen LogP contribution in [0.1, 0.15) is 18.5 Å². The van der Waals surface area contributed by atoms with Gasteiger partial charge in [0.2, 0.25) is 0 Å². The van der Waals surface area contributed by atoms with Crippen LogP contribution in [0.4, 0.5) is 10.5 Å². The predicted molar refractivity (Wildman–Crippen MR) is 75.1 cm³/mol. The van der Waals surface area contributed by atoms with Crippen molar-refractivity contribution in [2.45, 2.75) is 13.0 Å². The van der Waals surface area contributed by atoms with Gasteiger partial charge in [0, 0.05) is 11.7 Å². The van der Waals surface area contributed by atoms with Crippen LogP contribution in [0.25, 0.3) is 0 Å². The van der Waals surface area contributed by atoms with Gasteiger partial charge in [0.05, 0.1) is 0 Å². The SMILES string of the molecule is CC(N)c1ccccc1NC(=O)Oc1ccccc1. The average molecular weight is 256 g/mol. The van der Waals surface area contributed by atoms with Gasteiger partial charge in [-0.25, -0.2) is 4.79 Å². The van der Waals surface area contributed by atoms with Gasteiger partial charge in [-0.1, -0.05) is 36.4 Å². The first-order valence-electron chi connectivity index (χ1n) is 6.05. The summed E-state index contributed by atoms with van der Waals surface area (Å²) in [6.45, 7) is 1.86. The monoisotopic (exact) mass is 256 g/mol. The van der Waals surface area contributed by atoms with Crippen molar-refractivity contribution < 1.29 is 9.53 Å². The summed E-state index contributed by atoms with van der Waals surface area (Å²) in [7, 11) is 0. The van der Waals surface area contributed by atoms with Crippen LogP contribution in [0.5, 0.6) is 5.75 Å². The second-order valence-corrected chi connectivity index (χ2v) is 4.20. The van der Waals surface area contributed by atoms with Gasteiger partial charge in [-0.2, -0.15) is 0 Å². The number of hydrogen-bond acceptors (Lipinski definition) is 3. The Bertz CT molecular complexity index is 553. The number of para-hydroxylation sites is 2. The van der Waals surface area contributed by atoms with Crippen LogP contribution >= 0.6 is 0 Å². The molecule has 0 saturated carbocycles. The number of anilines is 1. The topological polar surface area (TPSA) is 64.3 Å². The molecule has 1 amide bonds. The Morgan fingerprint density at radius 3 is 2.42 bits per heavy atom. The van der Waals surface area contributed by atoms with E-state index in [-0.39, 0.29) is 6.04 Å². The van der Waals surface area contributed by atoms with Crippen molar-refractivity contribution in [3.8, 4) is 5.75 Å². The molecule has 0 bridgehead atoms. The molecule has 0 spiro atoms. The van der Waals surface area contributed by atoms with Crippen molar-refractivity contribution in [1.29, 1.82) is 0 Å². The molecule has 0 radical (unpaired) electrons. The molecule has 0 aliphatic rings. The number of ether oxygens (including phenoxy) is 1. The fourth-order valence-corrected chi connectivity index (χ4v) is 1.74. The fourth-order valence-electron chi connectivity index (χ4n) is 1.74. The normalized spacial score (nSPS) is 11.7. The molecule has 0 aliphatic carbocycles. The Morgan fingerprint density at radius 1 is 1.11 bits per heavy atom. The maximum absolute atomic E-state index is 11.8. The Balaban J connectivity index is 2.07. The van der Waals surface area contributed by atoms with Crippen molar-refractivity contribution in [2.24, 2.45) is 5.73 Å². The minimum atomic E-state index is -0.528. The number of nitrogens with two attached hydrogens (primary N) is 1. The summed E-state index contributed by atoms with van der Waals surface area (Å²) < 4.78 is 5.16. The summed E-state index contributed by atoms with van der Waals surface area (Å²) in [5, 5.41) is 2.70. The fraction of sp³-hybridized carbons (Fsp3) is 0.133. The zero-order valence-electron chi connectivity index (χ0n) is 10.7. The molecule has 3 N–H and O–H groups in total. The standard InChI is InChI=1S/C15H16N2O2/c1-11(16)13-9-5-6-10-14(13)17-15(18)19-12-7-3-2-4-8-12/h2-11H,16H2,1H3,(H,17,18). The Hall–Kier alpha value is -2.33. The van der Waals surface area contributed by atoms with Crippen molar-refractivity contribution in [1.82, 2.24) is 0 Å². The third kappa shape index (κ3) is 3.56. The van der Waals surface area contributed by atoms with E-state index in [4.69, 9.17) is 10.5 Å². The van der Waals surface area contributed by atoms with Crippen LogP contribution in [0.3, 0.4) is 0 Å². The van der Waals surface area contributed by atoms with Crippen LogP contribution in [0.15, 0.2) is 54.6 Å². The van der Waals surface area contributed by atoms with Crippen molar-refractivity contribution in [2.75, 3.05) is 5.32 Å². The van der Waals surface area contributed by atoms with Crippen LogP contribution < -0.4 is 15.8 Å². The minimum Gasteiger partial charge on any atom is -0.410 e. The third-order valence-electron chi connectivity index (χ3n) is 2.64. The van der Waals surface area contributed by atoms with Gasteiger partial charge in [0.25, 0.3) is 0 Å². The first kappa shape index (κ1) is 13.1. The summed E-state index contributed by atoms with van der Waals surface area (Å²) >= 11 is 0. The first-order valence-corrected chi connectivity index (χ1v) is 6.05. The van der Waals surface area contributed by atoms with E-state index < -0.39 is 6.09 Å². The summed E-state index contributed by atoms with van der Waals surface area (Å²) in [4.78, 5) is 11.8. The highest BCUT2D eigenvalue weighted by molar-refractivity contribution is 5.87. The molecule has 0 fully saturated rings. The van der Waals surface area contributed by atoms with E-state index in [9.17, 15) is 4.79 Å². The molecular formula is C15H16N2O2. The van der Waals surface area contributed by atoms with Gasteiger partial charge in [0.1, 0.15) is 5.75 Å². The number of rotatable bonds is 3. The van der Waals surface area contributed by atoms with Crippen LogP contribution in [0, 0.1) is 0 Å². The van der Waals surface area contributed by atoms with E-state index in [1.165, 1.54) is 0 Å². The summed E-state index contributed by atoms with van der Waals surface area (Å²) in [6, 6.07) is 16.1. The van der Waals surface area contributed by atoms with Crippen molar-refractivity contribution >= 4 is 11.8 Å². The molecule has 0 aliphatic heterocycles. The lowest BCUT2D eigenvalue weighted by atomic mass is 10.1. The second-order valence-electron chi connectivity index (χ2n) is 4.20. The van der Waals surface area contributed by atoms with Gasteiger partial charge in [0.15, 0.2) is 0 Å². The molecule has 4 nitrogen and oxygen atoms in total. The van der Waals surface area contributed by atoms with Gasteiger partial charge in [-0.15, -0.1) is 0 Å². The molecule has 2 aromatic rings. The Morgan fingerprint density at radius 2 is 1.74 bits per heavy atom. The van der Waals surface area contributed by atoms with E-state index in [0.29, 0.717) is 11.4 Å². The molecule has 2 aromatic carbocycles. The highest BCUT2D eigenvalue weighted by atomic mass is 16.6. The third-order valence-corrected chi connectivity index (χ3v) is 2.64. The van der Waals surface area contributed by atoms with Gasteiger partial charge in [-0.3, -0.25) is 5.32 Å². The summed E-state index contributed by atoms with van der Waals surface area (Å²) in [5.41, 5.74) is 7.38. The number of benzene rings is 2. The lowest BCUT2D eigenvalue weighted by molar-refractivity contribution is 0.215. The van der Waals surface area contributed by atoms with Gasteiger partial charge < -0.3 is 10.5 Å². The molecule has 98 valence electrons.